The predicted octanol–water partition coefficient (Wildman–Crippen LogP) is 2.29. The molecule has 0 aliphatic rings. The normalized spacial score (nSPS) is 10.1. The van der Waals surface area contributed by atoms with Crippen molar-refractivity contribution in [3.8, 4) is 0 Å². The van der Waals surface area contributed by atoms with Crippen LogP contribution in [0.4, 0.5) is 10.1 Å². The second-order valence-electron chi connectivity index (χ2n) is 2.72. The van der Waals surface area contributed by atoms with E-state index in [4.69, 9.17) is 5.73 Å². The van der Waals surface area contributed by atoms with Gasteiger partial charge in [0.25, 0.3) is 0 Å². The van der Waals surface area contributed by atoms with Crippen molar-refractivity contribution >= 4 is 27.4 Å². The molecule has 0 aliphatic carbocycles. The van der Waals surface area contributed by atoms with Crippen LogP contribution in [0.3, 0.4) is 0 Å². The summed E-state index contributed by atoms with van der Waals surface area (Å²) >= 11 is 2.99. The Balaban J connectivity index is 3.33. The van der Waals surface area contributed by atoms with E-state index in [2.05, 4.69) is 15.9 Å². The lowest BCUT2D eigenvalue weighted by Gasteiger charge is -2.06. The zero-order valence-corrected chi connectivity index (χ0v) is 8.69. The number of carbonyl (C=O) groups excluding carboxylic acids is 1. The monoisotopic (exact) mass is 245 g/mol. The number of halogens is 2. The number of aryl methyl sites for hydroxylation is 1. The summed E-state index contributed by atoms with van der Waals surface area (Å²) in [6, 6.07) is 3.09. The highest BCUT2D eigenvalue weighted by molar-refractivity contribution is 9.09. The van der Waals surface area contributed by atoms with Gasteiger partial charge in [0, 0.05) is 0 Å². The van der Waals surface area contributed by atoms with Gasteiger partial charge in [-0.3, -0.25) is 4.79 Å². The number of Topliss-reactive ketones (excluding diaryl/α,β-unsaturated/α-hetero) is 1. The van der Waals surface area contributed by atoms with Gasteiger partial charge in [-0.25, -0.2) is 4.39 Å². The number of ketones is 1. The molecular weight excluding hydrogens is 237 g/mol. The average molecular weight is 246 g/mol. The van der Waals surface area contributed by atoms with Gasteiger partial charge in [0.2, 0.25) is 0 Å². The van der Waals surface area contributed by atoms with Crippen molar-refractivity contribution in [2.24, 2.45) is 0 Å². The fraction of sp³-hybridized carbons (Fsp3) is 0.222. The summed E-state index contributed by atoms with van der Waals surface area (Å²) < 4.78 is 13.3. The maximum absolute atomic E-state index is 13.3. The van der Waals surface area contributed by atoms with Crippen LogP contribution in [-0.4, -0.2) is 11.1 Å². The molecule has 1 rings (SSSR count). The summed E-state index contributed by atoms with van der Waals surface area (Å²) in [5, 5.41) is 0.105. The Morgan fingerprint density at radius 3 is 2.77 bits per heavy atom. The number of nitrogens with two attached hydrogens (primary N) is 1. The van der Waals surface area contributed by atoms with E-state index >= 15 is 0 Å². The van der Waals surface area contributed by atoms with E-state index in [0.29, 0.717) is 5.56 Å². The van der Waals surface area contributed by atoms with Crippen LogP contribution < -0.4 is 5.73 Å². The molecule has 0 fully saturated rings. The molecule has 0 spiro atoms. The molecule has 2 nitrogen and oxygen atoms in total. The van der Waals surface area contributed by atoms with Crippen LogP contribution in [0.2, 0.25) is 0 Å². The first-order valence-corrected chi connectivity index (χ1v) is 4.83. The molecule has 0 unspecified atom stereocenters. The Morgan fingerprint density at radius 1 is 1.62 bits per heavy atom. The summed E-state index contributed by atoms with van der Waals surface area (Å²) in [5.41, 5.74) is 6.04. The van der Waals surface area contributed by atoms with Crippen LogP contribution in [-0.2, 0) is 0 Å². The Labute approximate surface area is 84.1 Å². The van der Waals surface area contributed by atoms with Gasteiger partial charge in [-0.2, -0.15) is 0 Å². The summed E-state index contributed by atoms with van der Waals surface area (Å²) in [6.45, 7) is 1.68. The lowest BCUT2D eigenvalue weighted by Crippen LogP contribution is -2.08. The summed E-state index contributed by atoms with van der Waals surface area (Å²) in [5.74, 6) is -0.910. The zero-order chi connectivity index (χ0) is 10.0. The molecule has 0 saturated heterocycles. The van der Waals surface area contributed by atoms with Crippen molar-refractivity contribution in [3.05, 3.63) is 29.1 Å². The Kier molecular flexibility index (Phi) is 3.03. The summed E-state index contributed by atoms with van der Waals surface area (Å²) in [7, 11) is 0. The molecule has 0 heterocycles. The molecule has 0 aliphatic heterocycles. The number of rotatable bonds is 2. The van der Waals surface area contributed by atoms with Crippen molar-refractivity contribution in [3.63, 3.8) is 0 Å². The molecule has 2 N–H and O–H groups in total. The molecule has 0 bridgehead atoms. The smallest absolute Gasteiger partial charge is 0.176 e. The highest BCUT2D eigenvalue weighted by atomic mass is 79.9. The molecule has 0 saturated carbocycles. The van der Waals surface area contributed by atoms with Gasteiger partial charge in [-0.1, -0.05) is 22.0 Å². The van der Waals surface area contributed by atoms with Crippen LogP contribution in [0.5, 0.6) is 0 Å². The minimum atomic E-state index is -0.621. The second-order valence-corrected chi connectivity index (χ2v) is 3.28. The highest BCUT2D eigenvalue weighted by Gasteiger charge is 2.15. The number of alkyl halides is 1. The van der Waals surface area contributed by atoms with Crippen molar-refractivity contribution in [1.29, 1.82) is 0 Å². The minimum absolute atomic E-state index is 0.00917. The second kappa shape index (κ2) is 3.87. The highest BCUT2D eigenvalue weighted by Crippen LogP contribution is 2.19. The molecule has 70 valence electrons. The van der Waals surface area contributed by atoms with Gasteiger partial charge in [0.05, 0.1) is 16.6 Å². The number of hydrogen-bond acceptors (Lipinski definition) is 2. The van der Waals surface area contributed by atoms with Gasteiger partial charge in [-0.15, -0.1) is 0 Å². The van der Waals surface area contributed by atoms with E-state index < -0.39 is 5.82 Å². The Hall–Kier alpha value is -0.900. The van der Waals surface area contributed by atoms with Gasteiger partial charge < -0.3 is 5.73 Å². The quantitative estimate of drug-likeness (QED) is 0.494. The number of hydrogen-bond donors (Lipinski definition) is 1. The third-order valence-electron chi connectivity index (χ3n) is 1.78. The van der Waals surface area contributed by atoms with E-state index in [-0.39, 0.29) is 22.4 Å². The van der Waals surface area contributed by atoms with Gasteiger partial charge in [0.15, 0.2) is 11.6 Å². The zero-order valence-electron chi connectivity index (χ0n) is 7.10. The van der Waals surface area contributed by atoms with E-state index in [1.807, 2.05) is 0 Å². The lowest BCUT2D eigenvalue weighted by molar-refractivity contribution is 0.101. The van der Waals surface area contributed by atoms with E-state index in [0.717, 1.165) is 0 Å². The Morgan fingerprint density at radius 2 is 2.23 bits per heavy atom. The van der Waals surface area contributed by atoms with Crippen LogP contribution in [0.25, 0.3) is 0 Å². The fourth-order valence-corrected chi connectivity index (χ4v) is 1.38. The van der Waals surface area contributed by atoms with Gasteiger partial charge in [-0.05, 0) is 18.6 Å². The summed E-state index contributed by atoms with van der Waals surface area (Å²) in [6.07, 6.45) is 0. The Bertz CT molecular complexity index is 352. The first kappa shape index (κ1) is 10.2. The maximum Gasteiger partial charge on any atom is 0.176 e. The SMILES string of the molecule is Cc1ccc(N)c(F)c1C(=O)CBr. The third-order valence-corrected chi connectivity index (χ3v) is 2.29. The number of carbonyl (C=O) groups is 1. The third kappa shape index (κ3) is 1.88. The molecule has 1 aromatic rings. The van der Waals surface area contributed by atoms with Crippen molar-refractivity contribution in [1.82, 2.24) is 0 Å². The van der Waals surface area contributed by atoms with Crippen molar-refractivity contribution < 1.29 is 9.18 Å². The van der Waals surface area contributed by atoms with Gasteiger partial charge in [0.1, 0.15) is 0 Å². The number of benzene rings is 1. The van der Waals surface area contributed by atoms with E-state index in [1.54, 1.807) is 13.0 Å². The predicted molar refractivity (Wildman–Crippen MR) is 53.7 cm³/mol. The van der Waals surface area contributed by atoms with E-state index in [9.17, 15) is 9.18 Å². The van der Waals surface area contributed by atoms with Crippen LogP contribution >= 0.6 is 15.9 Å². The fourth-order valence-electron chi connectivity index (χ4n) is 1.10. The molecular formula is C9H9BrFNO. The molecule has 1 aromatic carbocycles. The maximum atomic E-state index is 13.3. The molecule has 0 radical (unpaired) electrons. The first-order chi connectivity index (χ1) is 6.07. The average Bonchev–Trinajstić information content (AvgIpc) is 2.12. The van der Waals surface area contributed by atoms with Crippen molar-refractivity contribution in [2.75, 3.05) is 11.1 Å². The van der Waals surface area contributed by atoms with Crippen LogP contribution in [0.1, 0.15) is 15.9 Å². The minimum Gasteiger partial charge on any atom is -0.396 e. The molecule has 0 atom stereocenters. The number of anilines is 1. The lowest BCUT2D eigenvalue weighted by atomic mass is 10.0. The molecule has 13 heavy (non-hydrogen) atoms. The summed E-state index contributed by atoms with van der Waals surface area (Å²) in [4.78, 5) is 11.3. The molecule has 0 amide bonds. The van der Waals surface area contributed by atoms with Crippen LogP contribution in [0.15, 0.2) is 12.1 Å². The van der Waals surface area contributed by atoms with E-state index in [1.165, 1.54) is 6.07 Å². The first-order valence-electron chi connectivity index (χ1n) is 3.71. The van der Waals surface area contributed by atoms with Crippen molar-refractivity contribution in [2.45, 2.75) is 6.92 Å². The van der Waals surface area contributed by atoms with Crippen LogP contribution in [0, 0.1) is 12.7 Å². The number of nitrogen functional groups attached to an aromatic ring is 1. The molecule has 0 aromatic heterocycles. The largest absolute Gasteiger partial charge is 0.396 e. The standard InChI is InChI=1S/C9H9BrFNO/c1-5-2-3-6(12)9(11)8(5)7(13)4-10/h2-3H,4,12H2,1H3. The topological polar surface area (TPSA) is 43.1 Å². The van der Waals surface area contributed by atoms with Gasteiger partial charge >= 0.3 is 0 Å². The molecule has 4 heteroatoms.